The Kier molecular flexibility index (Phi) is 7.86. The Labute approximate surface area is 244 Å². The molecule has 1 fully saturated rings. The van der Waals surface area contributed by atoms with Crippen LogP contribution in [0, 0.1) is 0 Å². The zero-order valence-corrected chi connectivity index (χ0v) is 23.9. The largest absolute Gasteiger partial charge is 0.368 e. The van der Waals surface area contributed by atoms with Crippen molar-refractivity contribution in [2.45, 2.75) is 6.42 Å². The van der Waals surface area contributed by atoms with E-state index in [1.54, 1.807) is 6.33 Å². The Morgan fingerprint density at radius 3 is 2.30 bits per heavy atom. The van der Waals surface area contributed by atoms with E-state index in [0.29, 0.717) is 10.0 Å². The van der Waals surface area contributed by atoms with Crippen LogP contribution >= 0.6 is 23.2 Å². The number of imidazole rings is 1. The maximum atomic E-state index is 6.45. The number of fused-ring (bicyclic) bond motifs is 1. The normalized spacial score (nSPS) is 14.1. The minimum absolute atomic E-state index is 0.605. The Morgan fingerprint density at radius 1 is 0.825 bits per heavy atom. The maximum Gasteiger partial charge on any atom is 0.170 e. The van der Waals surface area contributed by atoms with E-state index in [1.807, 2.05) is 54.6 Å². The average molecular weight is 573 g/mol. The number of rotatable bonds is 8. The molecule has 0 N–H and O–H groups in total. The first-order chi connectivity index (χ1) is 19.6. The van der Waals surface area contributed by atoms with Crippen LogP contribution in [0.25, 0.3) is 28.2 Å². The number of anilines is 2. The quantitative estimate of drug-likeness (QED) is 0.213. The van der Waals surface area contributed by atoms with Crippen LogP contribution in [0.5, 0.6) is 0 Å². The van der Waals surface area contributed by atoms with E-state index in [1.165, 1.54) is 0 Å². The molecule has 0 bridgehead atoms. The van der Waals surface area contributed by atoms with Crippen LogP contribution in [-0.4, -0.2) is 70.7 Å². The van der Waals surface area contributed by atoms with Crippen LogP contribution < -0.4 is 9.80 Å². The predicted molar refractivity (Wildman–Crippen MR) is 165 cm³/mol. The van der Waals surface area contributed by atoms with Crippen molar-refractivity contribution in [1.29, 1.82) is 0 Å². The molecule has 1 aliphatic heterocycles. The van der Waals surface area contributed by atoms with Gasteiger partial charge in [-0.2, -0.15) is 0 Å². The molecule has 9 heteroatoms. The van der Waals surface area contributed by atoms with Crippen molar-refractivity contribution >= 4 is 45.9 Å². The fraction of sp³-hybridized carbons (Fsp3) is 0.258. The van der Waals surface area contributed by atoms with Crippen molar-refractivity contribution in [3.05, 3.63) is 95.2 Å². The van der Waals surface area contributed by atoms with Crippen molar-refractivity contribution in [3.63, 3.8) is 0 Å². The molecule has 0 unspecified atom stereocenters. The number of nitrogens with zero attached hydrogens (tertiary/aromatic N) is 7. The van der Waals surface area contributed by atoms with Gasteiger partial charge in [0.15, 0.2) is 17.0 Å². The van der Waals surface area contributed by atoms with Crippen LogP contribution in [0.15, 0.2) is 85.2 Å². The first kappa shape index (κ1) is 26.6. The summed E-state index contributed by atoms with van der Waals surface area (Å²) in [4.78, 5) is 21.5. The van der Waals surface area contributed by atoms with Gasteiger partial charge in [-0.3, -0.25) is 9.47 Å². The van der Waals surface area contributed by atoms with Crippen LogP contribution in [0.2, 0.25) is 10.0 Å². The smallest absolute Gasteiger partial charge is 0.170 e. The third kappa shape index (κ3) is 5.37. The van der Waals surface area contributed by atoms with Gasteiger partial charge >= 0.3 is 0 Å². The number of para-hydroxylation sites is 1. The van der Waals surface area contributed by atoms with Gasteiger partial charge in [-0.25, -0.2) is 15.0 Å². The van der Waals surface area contributed by atoms with Gasteiger partial charge in [-0.15, -0.1) is 0 Å². The SMILES string of the molecule is CN(CCCN1CCN(c2cccc(Cl)c2Cl)CC1)c1ncnc2c1nc(-c1ccccc1)n2-c1ccccc1. The highest BCUT2D eigenvalue weighted by Crippen LogP contribution is 2.33. The third-order valence-electron chi connectivity index (χ3n) is 7.44. The Bertz CT molecular complexity index is 1580. The van der Waals surface area contributed by atoms with E-state index in [0.717, 1.165) is 85.4 Å². The Balaban J connectivity index is 1.16. The molecule has 0 atom stereocenters. The van der Waals surface area contributed by atoms with E-state index in [9.17, 15) is 0 Å². The second-order valence-electron chi connectivity index (χ2n) is 10.0. The van der Waals surface area contributed by atoms with Crippen LogP contribution in [0.1, 0.15) is 6.42 Å². The van der Waals surface area contributed by atoms with E-state index in [4.69, 9.17) is 28.2 Å². The minimum Gasteiger partial charge on any atom is -0.368 e. The Morgan fingerprint density at radius 2 is 1.55 bits per heavy atom. The topological polar surface area (TPSA) is 53.3 Å². The van der Waals surface area contributed by atoms with Crippen molar-refractivity contribution in [2.75, 3.05) is 56.1 Å². The summed E-state index contributed by atoms with van der Waals surface area (Å²) in [5, 5.41) is 1.24. The lowest BCUT2D eigenvalue weighted by Crippen LogP contribution is -2.47. The Hall–Kier alpha value is -3.65. The number of benzene rings is 3. The summed E-state index contributed by atoms with van der Waals surface area (Å²) in [6.45, 7) is 5.73. The highest BCUT2D eigenvalue weighted by atomic mass is 35.5. The molecule has 0 spiro atoms. The first-order valence-electron chi connectivity index (χ1n) is 13.6. The molecule has 0 radical (unpaired) electrons. The molecule has 2 aromatic heterocycles. The molecule has 0 amide bonds. The van der Waals surface area contributed by atoms with Crippen LogP contribution in [0.4, 0.5) is 11.5 Å². The van der Waals surface area contributed by atoms with Crippen molar-refractivity contribution in [1.82, 2.24) is 24.4 Å². The van der Waals surface area contributed by atoms with E-state index in [-0.39, 0.29) is 0 Å². The number of piperazine rings is 1. The van der Waals surface area contributed by atoms with Crippen LogP contribution in [0.3, 0.4) is 0 Å². The molecular weight excluding hydrogens is 541 g/mol. The summed E-state index contributed by atoms with van der Waals surface area (Å²) in [6.07, 6.45) is 2.66. The minimum atomic E-state index is 0.605. The molecule has 204 valence electrons. The average Bonchev–Trinajstić information content (AvgIpc) is 3.40. The summed E-state index contributed by atoms with van der Waals surface area (Å²) < 4.78 is 2.12. The predicted octanol–water partition coefficient (Wildman–Crippen LogP) is 6.44. The third-order valence-corrected chi connectivity index (χ3v) is 8.25. The molecule has 0 aliphatic carbocycles. The fourth-order valence-corrected chi connectivity index (χ4v) is 5.76. The number of hydrogen-bond donors (Lipinski definition) is 0. The van der Waals surface area contributed by atoms with Crippen molar-refractivity contribution < 1.29 is 0 Å². The molecule has 5 aromatic rings. The summed E-state index contributed by atoms with van der Waals surface area (Å²) in [6, 6.07) is 26.3. The lowest BCUT2D eigenvalue weighted by Gasteiger charge is -2.36. The lowest BCUT2D eigenvalue weighted by atomic mass is 10.2. The van der Waals surface area contributed by atoms with Gasteiger partial charge < -0.3 is 9.80 Å². The van der Waals surface area contributed by atoms with Gasteiger partial charge in [0.2, 0.25) is 0 Å². The van der Waals surface area contributed by atoms with Gasteiger partial charge in [0, 0.05) is 51.0 Å². The molecule has 6 rings (SSSR count). The van der Waals surface area contributed by atoms with Crippen molar-refractivity contribution in [2.24, 2.45) is 0 Å². The molecule has 3 heterocycles. The first-order valence-corrected chi connectivity index (χ1v) is 14.3. The molecule has 1 aliphatic rings. The molecular formula is C31H31Cl2N7. The summed E-state index contributed by atoms with van der Waals surface area (Å²) >= 11 is 12.7. The summed E-state index contributed by atoms with van der Waals surface area (Å²) in [5.74, 6) is 1.70. The summed E-state index contributed by atoms with van der Waals surface area (Å²) in [5.41, 5.74) is 4.69. The van der Waals surface area contributed by atoms with E-state index < -0.39 is 0 Å². The zero-order valence-electron chi connectivity index (χ0n) is 22.4. The number of hydrogen-bond acceptors (Lipinski definition) is 6. The van der Waals surface area contributed by atoms with Gasteiger partial charge in [0.1, 0.15) is 12.2 Å². The zero-order chi connectivity index (χ0) is 27.5. The van der Waals surface area contributed by atoms with Gasteiger partial charge in [-0.1, -0.05) is 77.8 Å². The standard InChI is InChI=1S/C31H31Cl2N7/c1-37(16-9-17-38-18-20-39(21-19-38)26-15-8-14-25(32)27(26)33)30-28-31(35-22-34-30)40(24-12-6-3-7-13-24)29(36-28)23-10-4-2-5-11-23/h2-8,10-15,22H,9,16-21H2,1H3. The molecule has 1 saturated heterocycles. The van der Waals surface area contributed by atoms with E-state index >= 15 is 0 Å². The second kappa shape index (κ2) is 11.8. The van der Waals surface area contributed by atoms with E-state index in [2.05, 4.69) is 60.5 Å². The second-order valence-corrected chi connectivity index (χ2v) is 10.8. The maximum absolute atomic E-state index is 6.45. The number of halogens is 2. The van der Waals surface area contributed by atoms with Crippen LogP contribution in [-0.2, 0) is 0 Å². The molecule has 3 aromatic carbocycles. The van der Waals surface area contributed by atoms with Crippen molar-refractivity contribution in [3.8, 4) is 17.1 Å². The fourth-order valence-electron chi connectivity index (χ4n) is 5.35. The van der Waals surface area contributed by atoms with Gasteiger partial charge in [0.25, 0.3) is 0 Å². The monoisotopic (exact) mass is 571 g/mol. The summed E-state index contributed by atoms with van der Waals surface area (Å²) in [7, 11) is 2.09. The van der Waals surface area contributed by atoms with Gasteiger partial charge in [0.05, 0.1) is 15.7 Å². The molecule has 0 saturated carbocycles. The molecule has 40 heavy (non-hydrogen) atoms. The lowest BCUT2D eigenvalue weighted by molar-refractivity contribution is 0.256. The van der Waals surface area contributed by atoms with Gasteiger partial charge in [-0.05, 0) is 37.2 Å². The highest BCUT2D eigenvalue weighted by molar-refractivity contribution is 6.43. The number of aromatic nitrogens is 4. The molecule has 7 nitrogen and oxygen atoms in total. The highest BCUT2D eigenvalue weighted by Gasteiger charge is 2.22.